The molecule has 1 heterocycles. The molecule has 0 fully saturated rings. The maximum atomic E-state index is 10.2. The van der Waals surface area contributed by atoms with E-state index in [9.17, 15) is 10.1 Å². The zero-order valence-corrected chi connectivity index (χ0v) is 9.41. The van der Waals surface area contributed by atoms with Crippen LogP contribution in [0, 0.1) is 10.1 Å². The Morgan fingerprint density at radius 3 is 2.71 bits per heavy atom. The normalized spacial score (nSPS) is 10.9. The SMILES string of the molecule is O=[N+]([O-])/C=C/c1cnn(-c2ccc(Cl)cc2)c1. The predicted molar refractivity (Wildman–Crippen MR) is 64.6 cm³/mol. The summed E-state index contributed by atoms with van der Waals surface area (Å²) >= 11 is 5.77. The molecule has 0 N–H and O–H groups in total. The van der Waals surface area contributed by atoms with E-state index in [1.165, 1.54) is 6.08 Å². The molecule has 1 aromatic heterocycles. The fourth-order valence-corrected chi connectivity index (χ4v) is 1.43. The Labute approximate surface area is 102 Å². The van der Waals surface area contributed by atoms with Crippen molar-refractivity contribution in [2.75, 3.05) is 0 Å². The molecule has 2 aromatic rings. The maximum Gasteiger partial charge on any atom is 0.235 e. The molecule has 0 atom stereocenters. The lowest BCUT2D eigenvalue weighted by Crippen LogP contribution is -1.92. The van der Waals surface area contributed by atoms with Gasteiger partial charge in [0.2, 0.25) is 6.20 Å². The average molecular weight is 250 g/mol. The zero-order valence-electron chi connectivity index (χ0n) is 8.65. The summed E-state index contributed by atoms with van der Waals surface area (Å²) in [5.74, 6) is 0. The van der Waals surface area contributed by atoms with Crippen LogP contribution < -0.4 is 0 Å². The van der Waals surface area contributed by atoms with Gasteiger partial charge in [-0.2, -0.15) is 5.10 Å². The van der Waals surface area contributed by atoms with E-state index < -0.39 is 4.92 Å². The van der Waals surface area contributed by atoms with Crippen LogP contribution in [0.4, 0.5) is 0 Å². The topological polar surface area (TPSA) is 61.0 Å². The van der Waals surface area contributed by atoms with Crippen LogP contribution in [0.2, 0.25) is 5.02 Å². The maximum absolute atomic E-state index is 10.2. The van der Waals surface area contributed by atoms with Crippen LogP contribution in [0.15, 0.2) is 42.9 Å². The Morgan fingerprint density at radius 1 is 1.35 bits per heavy atom. The summed E-state index contributed by atoms with van der Waals surface area (Å²) in [7, 11) is 0. The summed E-state index contributed by atoms with van der Waals surface area (Å²) in [5, 5.41) is 14.9. The quantitative estimate of drug-likeness (QED) is 0.621. The first kappa shape index (κ1) is 11.3. The highest BCUT2D eigenvalue weighted by Crippen LogP contribution is 2.13. The molecule has 86 valence electrons. The van der Waals surface area contributed by atoms with Gasteiger partial charge in [-0.25, -0.2) is 4.68 Å². The van der Waals surface area contributed by atoms with Gasteiger partial charge in [0, 0.05) is 22.9 Å². The standard InChI is InChI=1S/C11H8ClN3O2/c12-10-1-3-11(4-2-10)14-8-9(7-13-14)5-6-15(16)17/h1-8H/b6-5+. The summed E-state index contributed by atoms with van der Waals surface area (Å²) in [6.45, 7) is 0. The Morgan fingerprint density at radius 2 is 2.06 bits per heavy atom. The molecule has 6 heteroatoms. The van der Waals surface area contributed by atoms with E-state index in [4.69, 9.17) is 11.6 Å². The monoisotopic (exact) mass is 249 g/mol. The van der Waals surface area contributed by atoms with Gasteiger partial charge in [-0.15, -0.1) is 0 Å². The predicted octanol–water partition coefficient (Wildman–Crippen LogP) is 2.77. The smallest absolute Gasteiger partial charge is 0.235 e. The van der Waals surface area contributed by atoms with E-state index in [1.807, 2.05) is 12.1 Å². The molecule has 0 saturated carbocycles. The van der Waals surface area contributed by atoms with Gasteiger partial charge in [0.15, 0.2) is 0 Å². The van der Waals surface area contributed by atoms with E-state index in [1.54, 1.807) is 29.2 Å². The molecule has 0 radical (unpaired) electrons. The third kappa shape index (κ3) is 2.92. The first-order valence-electron chi connectivity index (χ1n) is 4.77. The molecule has 0 aliphatic heterocycles. The van der Waals surface area contributed by atoms with E-state index in [-0.39, 0.29) is 0 Å². The highest BCUT2D eigenvalue weighted by atomic mass is 35.5. The second kappa shape index (κ2) is 4.80. The van der Waals surface area contributed by atoms with Gasteiger partial charge in [0.05, 0.1) is 16.8 Å². The molecule has 2 rings (SSSR count). The summed E-state index contributed by atoms with van der Waals surface area (Å²) in [6, 6.07) is 7.14. The molecule has 0 aliphatic carbocycles. The zero-order chi connectivity index (χ0) is 12.3. The highest BCUT2D eigenvalue weighted by molar-refractivity contribution is 6.30. The van der Waals surface area contributed by atoms with Crippen molar-refractivity contribution >= 4 is 17.7 Å². The van der Waals surface area contributed by atoms with Crippen molar-refractivity contribution in [3.8, 4) is 5.69 Å². The number of hydrogen-bond acceptors (Lipinski definition) is 3. The van der Waals surface area contributed by atoms with Gasteiger partial charge >= 0.3 is 0 Å². The number of rotatable bonds is 3. The lowest BCUT2D eigenvalue weighted by Gasteiger charge is -1.99. The lowest BCUT2D eigenvalue weighted by molar-refractivity contribution is -0.400. The van der Waals surface area contributed by atoms with Crippen molar-refractivity contribution in [1.82, 2.24) is 9.78 Å². The number of nitro groups is 1. The fourth-order valence-electron chi connectivity index (χ4n) is 1.30. The Balaban J connectivity index is 2.23. The van der Waals surface area contributed by atoms with Crippen LogP contribution in [0.3, 0.4) is 0 Å². The van der Waals surface area contributed by atoms with Gasteiger partial charge in [0.25, 0.3) is 0 Å². The largest absolute Gasteiger partial charge is 0.259 e. The minimum absolute atomic E-state index is 0.514. The van der Waals surface area contributed by atoms with Crippen molar-refractivity contribution in [3.63, 3.8) is 0 Å². The Kier molecular flexibility index (Phi) is 3.20. The number of aromatic nitrogens is 2. The third-order valence-electron chi connectivity index (χ3n) is 2.08. The first-order chi connectivity index (χ1) is 8.15. The van der Waals surface area contributed by atoms with Crippen molar-refractivity contribution in [3.05, 3.63) is 63.6 Å². The van der Waals surface area contributed by atoms with Crippen LogP contribution in [0.25, 0.3) is 11.8 Å². The van der Waals surface area contributed by atoms with E-state index in [0.29, 0.717) is 10.6 Å². The third-order valence-corrected chi connectivity index (χ3v) is 2.33. The van der Waals surface area contributed by atoms with E-state index in [2.05, 4.69) is 5.10 Å². The minimum Gasteiger partial charge on any atom is -0.259 e. The molecule has 5 nitrogen and oxygen atoms in total. The molecule has 0 spiro atoms. The number of nitrogens with zero attached hydrogens (tertiary/aromatic N) is 3. The molecule has 17 heavy (non-hydrogen) atoms. The van der Waals surface area contributed by atoms with Crippen molar-refractivity contribution < 1.29 is 4.92 Å². The van der Waals surface area contributed by atoms with Gasteiger partial charge < -0.3 is 0 Å². The van der Waals surface area contributed by atoms with Crippen molar-refractivity contribution in [2.45, 2.75) is 0 Å². The van der Waals surface area contributed by atoms with Crippen LogP contribution in [-0.2, 0) is 0 Å². The van der Waals surface area contributed by atoms with E-state index in [0.717, 1.165) is 11.9 Å². The lowest BCUT2D eigenvalue weighted by atomic mass is 10.3. The van der Waals surface area contributed by atoms with Gasteiger partial charge in [0.1, 0.15) is 0 Å². The van der Waals surface area contributed by atoms with Crippen LogP contribution >= 0.6 is 11.6 Å². The van der Waals surface area contributed by atoms with Crippen LogP contribution in [0.1, 0.15) is 5.56 Å². The van der Waals surface area contributed by atoms with Gasteiger partial charge in [-0.05, 0) is 24.3 Å². The molecule has 0 bridgehead atoms. The summed E-state index contributed by atoms with van der Waals surface area (Å²) in [4.78, 5) is 9.65. The highest BCUT2D eigenvalue weighted by Gasteiger charge is 1.99. The average Bonchev–Trinajstić information content (AvgIpc) is 2.76. The molecule has 0 saturated heterocycles. The van der Waals surface area contributed by atoms with Gasteiger partial charge in [-0.3, -0.25) is 10.1 Å². The van der Waals surface area contributed by atoms with Crippen molar-refractivity contribution in [2.24, 2.45) is 0 Å². The number of benzene rings is 1. The summed E-state index contributed by atoms with van der Waals surface area (Å²) in [5.41, 5.74) is 1.51. The Bertz CT molecular complexity index is 560. The molecular weight excluding hydrogens is 242 g/mol. The second-order valence-corrected chi connectivity index (χ2v) is 3.73. The number of hydrogen-bond donors (Lipinski definition) is 0. The molecule has 0 amide bonds. The Hall–Kier alpha value is -2.14. The fraction of sp³-hybridized carbons (Fsp3) is 0. The molecule has 0 unspecified atom stereocenters. The summed E-state index contributed by atoms with van der Waals surface area (Å²) in [6.07, 6.45) is 5.51. The molecule has 0 aliphatic rings. The van der Waals surface area contributed by atoms with Gasteiger partial charge in [-0.1, -0.05) is 11.6 Å². The second-order valence-electron chi connectivity index (χ2n) is 3.30. The molecular formula is C11H8ClN3O2. The first-order valence-corrected chi connectivity index (χ1v) is 5.15. The van der Waals surface area contributed by atoms with Crippen LogP contribution in [0.5, 0.6) is 0 Å². The van der Waals surface area contributed by atoms with Crippen molar-refractivity contribution in [1.29, 1.82) is 0 Å². The minimum atomic E-state index is -0.514. The number of halogens is 1. The summed E-state index contributed by atoms with van der Waals surface area (Å²) < 4.78 is 1.62. The van der Waals surface area contributed by atoms with Crippen LogP contribution in [-0.4, -0.2) is 14.7 Å². The van der Waals surface area contributed by atoms with E-state index >= 15 is 0 Å². The molecule has 1 aromatic carbocycles.